The van der Waals surface area contributed by atoms with Crippen LogP contribution in [0.25, 0.3) is 0 Å². The lowest BCUT2D eigenvalue weighted by atomic mass is 10.2. The van der Waals surface area contributed by atoms with Crippen molar-refractivity contribution in [2.45, 2.75) is 52.1 Å². The van der Waals surface area contributed by atoms with E-state index in [0.29, 0.717) is 6.54 Å². The van der Waals surface area contributed by atoms with Gasteiger partial charge in [-0.05, 0) is 32.0 Å². The number of amides is 1. The average molecular weight is 252 g/mol. The molecule has 0 aliphatic rings. The van der Waals surface area contributed by atoms with Gasteiger partial charge in [-0.3, -0.25) is 4.79 Å². The van der Waals surface area contributed by atoms with Crippen molar-refractivity contribution < 1.29 is 9.21 Å². The number of nitrogens with one attached hydrogen (secondary N) is 2. The van der Waals surface area contributed by atoms with Crippen LogP contribution in [0.4, 0.5) is 0 Å². The summed E-state index contributed by atoms with van der Waals surface area (Å²) in [5, 5.41) is 6.07. The smallest absolute Gasteiger partial charge is 0.237 e. The molecule has 18 heavy (non-hydrogen) atoms. The van der Waals surface area contributed by atoms with Gasteiger partial charge in [-0.2, -0.15) is 0 Å². The van der Waals surface area contributed by atoms with Gasteiger partial charge in [-0.1, -0.05) is 26.2 Å². The van der Waals surface area contributed by atoms with Crippen molar-refractivity contribution in [3.63, 3.8) is 0 Å². The predicted octanol–water partition coefficient (Wildman–Crippen LogP) is 2.45. The second kappa shape index (κ2) is 8.75. The van der Waals surface area contributed by atoms with Gasteiger partial charge in [0.05, 0.1) is 18.8 Å². The minimum Gasteiger partial charge on any atom is -0.467 e. The van der Waals surface area contributed by atoms with E-state index in [-0.39, 0.29) is 11.9 Å². The Morgan fingerprint density at radius 1 is 1.39 bits per heavy atom. The molecule has 4 heteroatoms. The summed E-state index contributed by atoms with van der Waals surface area (Å²) in [5.74, 6) is 0.792. The fourth-order valence-corrected chi connectivity index (χ4v) is 1.70. The van der Waals surface area contributed by atoms with Crippen LogP contribution in [0.5, 0.6) is 0 Å². The normalized spacial score (nSPS) is 12.3. The zero-order chi connectivity index (χ0) is 13.2. The number of carbonyl (C=O) groups is 1. The Morgan fingerprint density at radius 3 is 2.89 bits per heavy atom. The summed E-state index contributed by atoms with van der Waals surface area (Å²) in [6.07, 6.45) is 6.46. The van der Waals surface area contributed by atoms with Crippen molar-refractivity contribution in [3.8, 4) is 0 Å². The first-order valence-electron chi connectivity index (χ1n) is 6.77. The number of rotatable bonds is 9. The summed E-state index contributed by atoms with van der Waals surface area (Å²) >= 11 is 0. The van der Waals surface area contributed by atoms with Gasteiger partial charge in [0.1, 0.15) is 5.76 Å². The zero-order valence-electron chi connectivity index (χ0n) is 11.4. The van der Waals surface area contributed by atoms with E-state index < -0.39 is 0 Å². The Hall–Kier alpha value is -1.29. The molecule has 4 nitrogen and oxygen atoms in total. The Morgan fingerprint density at radius 2 is 2.22 bits per heavy atom. The van der Waals surface area contributed by atoms with Crippen LogP contribution in [0.1, 0.15) is 45.3 Å². The van der Waals surface area contributed by atoms with E-state index >= 15 is 0 Å². The van der Waals surface area contributed by atoms with Gasteiger partial charge in [-0.15, -0.1) is 0 Å². The van der Waals surface area contributed by atoms with Crippen molar-refractivity contribution in [1.29, 1.82) is 0 Å². The van der Waals surface area contributed by atoms with Crippen molar-refractivity contribution in [3.05, 3.63) is 24.2 Å². The molecule has 1 atom stereocenters. The summed E-state index contributed by atoms with van der Waals surface area (Å²) in [6, 6.07) is 3.52. The fourth-order valence-electron chi connectivity index (χ4n) is 1.70. The lowest BCUT2D eigenvalue weighted by Gasteiger charge is -2.13. The van der Waals surface area contributed by atoms with E-state index in [0.717, 1.165) is 18.7 Å². The Kier molecular flexibility index (Phi) is 7.18. The molecule has 102 valence electrons. The van der Waals surface area contributed by atoms with Crippen molar-refractivity contribution in [2.75, 3.05) is 6.54 Å². The highest BCUT2D eigenvalue weighted by atomic mass is 16.3. The molecule has 0 aliphatic carbocycles. The van der Waals surface area contributed by atoms with Gasteiger partial charge in [0.25, 0.3) is 0 Å². The third-order valence-corrected chi connectivity index (χ3v) is 2.89. The number of carbonyl (C=O) groups excluding carboxylic acids is 1. The molecule has 1 amide bonds. The number of furan rings is 1. The molecule has 0 aromatic carbocycles. The highest BCUT2D eigenvalue weighted by Gasteiger charge is 2.11. The van der Waals surface area contributed by atoms with Crippen molar-refractivity contribution >= 4 is 5.91 Å². The van der Waals surface area contributed by atoms with Gasteiger partial charge in [0.2, 0.25) is 5.91 Å². The van der Waals surface area contributed by atoms with Gasteiger partial charge < -0.3 is 15.1 Å². The molecular formula is C14H24N2O2. The Labute approximate surface area is 109 Å². The topological polar surface area (TPSA) is 54.3 Å². The SMILES string of the molecule is CCCCCCNC(C)C(=O)NCc1ccco1. The summed E-state index contributed by atoms with van der Waals surface area (Å²) in [4.78, 5) is 11.7. The molecule has 0 spiro atoms. The van der Waals surface area contributed by atoms with E-state index in [1.54, 1.807) is 6.26 Å². The van der Waals surface area contributed by atoms with Gasteiger partial charge in [-0.25, -0.2) is 0 Å². The summed E-state index contributed by atoms with van der Waals surface area (Å²) in [7, 11) is 0. The molecule has 1 heterocycles. The van der Waals surface area contributed by atoms with Crippen LogP contribution < -0.4 is 10.6 Å². The highest BCUT2D eigenvalue weighted by Crippen LogP contribution is 1.99. The largest absolute Gasteiger partial charge is 0.467 e. The van der Waals surface area contributed by atoms with Crippen LogP contribution in [0.2, 0.25) is 0 Å². The van der Waals surface area contributed by atoms with Crippen LogP contribution in [0, 0.1) is 0 Å². The minimum absolute atomic E-state index is 0.0156. The van der Waals surface area contributed by atoms with Gasteiger partial charge in [0, 0.05) is 0 Å². The first-order valence-corrected chi connectivity index (χ1v) is 6.77. The predicted molar refractivity (Wildman–Crippen MR) is 72.2 cm³/mol. The maximum absolute atomic E-state index is 11.7. The second-order valence-corrected chi connectivity index (χ2v) is 4.53. The van der Waals surface area contributed by atoms with Gasteiger partial charge in [0.15, 0.2) is 0 Å². The van der Waals surface area contributed by atoms with E-state index in [1.807, 2.05) is 19.1 Å². The number of hydrogen-bond donors (Lipinski definition) is 2. The van der Waals surface area contributed by atoms with Crippen LogP contribution >= 0.6 is 0 Å². The first-order chi connectivity index (χ1) is 8.74. The molecule has 0 radical (unpaired) electrons. The van der Waals surface area contributed by atoms with Crippen LogP contribution in [0.3, 0.4) is 0 Å². The average Bonchev–Trinajstić information content (AvgIpc) is 2.88. The lowest BCUT2D eigenvalue weighted by molar-refractivity contribution is -0.123. The minimum atomic E-state index is -0.151. The fraction of sp³-hybridized carbons (Fsp3) is 0.643. The van der Waals surface area contributed by atoms with Crippen LogP contribution in [-0.4, -0.2) is 18.5 Å². The zero-order valence-corrected chi connectivity index (χ0v) is 11.4. The van der Waals surface area contributed by atoms with Crippen LogP contribution in [0.15, 0.2) is 22.8 Å². The lowest BCUT2D eigenvalue weighted by Crippen LogP contribution is -2.42. The Bertz CT molecular complexity index is 323. The van der Waals surface area contributed by atoms with Crippen molar-refractivity contribution in [2.24, 2.45) is 0 Å². The van der Waals surface area contributed by atoms with E-state index in [2.05, 4.69) is 17.6 Å². The standard InChI is InChI=1S/C14H24N2O2/c1-3-4-5-6-9-15-12(2)14(17)16-11-13-8-7-10-18-13/h7-8,10,12,15H,3-6,9,11H2,1-2H3,(H,16,17). The molecular weight excluding hydrogens is 228 g/mol. The first kappa shape index (κ1) is 14.8. The summed E-state index contributed by atoms with van der Waals surface area (Å²) in [6.45, 7) is 5.43. The number of unbranched alkanes of at least 4 members (excludes halogenated alkanes) is 3. The second-order valence-electron chi connectivity index (χ2n) is 4.53. The molecule has 0 aliphatic heterocycles. The van der Waals surface area contributed by atoms with Crippen LogP contribution in [-0.2, 0) is 11.3 Å². The van der Waals surface area contributed by atoms with E-state index in [1.165, 1.54) is 19.3 Å². The third-order valence-electron chi connectivity index (χ3n) is 2.89. The molecule has 0 saturated heterocycles. The third kappa shape index (κ3) is 5.87. The van der Waals surface area contributed by atoms with E-state index in [9.17, 15) is 4.79 Å². The van der Waals surface area contributed by atoms with Gasteiger partial charge >= 0.3 is 0 Å². The molecule has 0 fully saturated rings. The quantitative estimate of drug-likeness (QED) is 0.664. The molecule has 0 saturated carbocycles. The molecule has 1 aromatic rings. The highest BCUT2D eigenvalue weighted by molar-refractivity contribution is 5.81. The van der Waals surface area contributed by atoms with E-state index in [4.69, 9.17) is 4.42 Å². The molecule has 1 rings (SSSR count). The Balaban J connectivity index is 2.09. The number of hydrogen-bond acceptors (Lipinski definition) is 3. The monoisotopic (exact) mass is 252 g/mol. The van der Waals surface area contributed by atoms with Crippen molar-refractivity contribution in [1.82, 2.24) is 10.6 Å². The molecule has 1 aromatic heterocycles. The molecule has 1 unspecified atom stereocenters. The molecule has 0 bridgehead atoms. The summed E-state index contributed by atoms with van der Waals surface area (Å²) < 4.78 is 5.15. The maximum Gasteiger partial charge on any atom is 0.237 e. The molecule has 2 N–H and O–H groups in total. The summed E-state index contributed by atoms with van der Waals surface area (Å²) in [5.41, 5.74) is 0. The maximum atomic E-state index is 11.7.